The highest BCUT2D eigenvalue weighted by atomic mass is 16.4. The quantitative estimate of drug-likeness (QED) is 0.473. The van der Waals surface area contributed by atoms with Crippen molar-refractivity contribution in [2.45, 2.75) is 25.8 Å². The van der Waals surface area contributed by atoms with Crippen LogP contribution in [0, 0.1) is 5.92 Å². The molecule has 1 aliphatic heterocycles. The van der Waals surface area contributed by atoms with Crippen LogP contribution in [0.4, 0.5) is 4.79 Å². The summed E-state index contributed by atoms with van der Waals surface area (Å²) in [6.07, 6.45) is 6.44. The monoisotopic (exact) mass is 398 g/mol. The van der Waals surface area contributed by atoms with Crippen molar-refractivity contribution < 1.29 is 14.3 Å². The van der Waals surface area contributed by atoms with E-state index < -0.39 is 6.09 Å². The minimum absolute atomic E-state index is 0.0524. The molecule has 1 amide bonds. The van der Waals surface area contributed by atoms with Crippen molar-refractivity contribution >= 4 is 22.9 Å². The average Bonchev–Trinajstić information content (AvgIpc) is 3.52. The lowest BCUT2D eigenvalue weighted by Gasteiger charge is -2.14. The molecule has 1 saturated heterocycles. The van der Waals surface area contributed by atoms with E-state index in [9.17, 15) is 9.90 Å². The van der Waals surface area contributed by atoms with Gasteiger partial charge in [0, 0.05) is 31.7 Å². The molecular formula is C18H22N8O3. The summed E-state index contributed by atoms with van der Waals surface area (Å²) in [6.45, 7) is 3.55. The first-order chi connectivity index (χ1) is 14.1. The summed E-state index contributed by atoms with van der Waals surface area (Å²) < 4.78 is 6.60. The normalized spacial score (nSPS) is 18.9. The van der Waals surface area contributed by atoms with E-state index in [-0.39, 0.29) is 11.8 Å². The Morgan fingerprint density at radius 1 is 1.38 bits per heavy atom. The third-order valence-corrected chi connectivity index (χ3v) is 5.23. The summed E-state index contributed by atoms with van der Waals surface area (Å²) in [6, 6.07) is 1.94. The highest BCUT2D eigenvalue weighted by Gasteiger charge is 2.38. The number of carboxylic acid groups (broad SMARTS) is 1. The number of oxazole rings is 1. The fourth-order valence-corrected chi connectivity index (χ4v) is 3.71. The van der Waals surface area contributed by atoms with E-state index in [1.165, 1.54) is 17.6 Å². The van der Waals surface area contributed by atoms with Crippen LogP contribution < -0.4 is 5.73 Å². The van der Waals surface area contributed by atoms with Crippen LogP contribution in [0.1, 0.15) is 30.8 Å². The number of carbonyl (C=O) groups is 1. The van der Waals surface area contributed by atoms with E-state index in [2.05, 4.69) is 36.5 Å². The zero-order chi connectivity index (χ0) is 20.4. The summed E-state index contributed by atoms with van der Waals surface area (Å²) in [5.74, 6) is 1.12. The number of nitrogens with zero attached hydrogens (tertiary/aromatic N) is 6. The number of nitrogens with one attached hydrogen (secondary N) is 1. The van der Waals surface area contributed by atoms with Crippen LogP contribution >= 0.6 is 0 Å². The smallest absolute Gasteiger partial charge is 0.407 e. The summed E-state index contributed by atoms with van der Waals surface area (Å²) >= 11 is 0. The molecule has 0 saturated carbocycles. The standard InChI is InChI=1S/C14H16N6O2.C4H6N2O/c1-2-8-6-19(14(21)22)7-9(8)13-18-17-11-5-16-12-10(20(11)13)3-4-15-12;5-1-4-2-7-3-6-4/h3-5,8-9,15H,2,6-7H2,1H3,(H,21,22);2-3H,1,5H2/t8-,9+;/m0./s1. The Morgan fingerprint density at radius 3 is 2.90 bits per heavy atom. The van der Waals surface area contributed by atoms with E-state index in [1.807, 2.05) is 16.7 Å². The molecule has 4 N–H and O–H groups in total. The van der Waals surface area contributed by atoms with Gasteiger partial charge in [0.05, 0.1) is 17.4 Å². The molecule has 5 heterocycles. The van der Waals surface area contributed by atoms with Crippen LogP contribution in [-0.2, 0) is 6.54 Å². The van der Waals surface area contributed by atoms with Gasteiger partial charge < -0.3 is 25.1 Å². The molecule has 4 aromatic heterocycles. The van der Waals surface area contributed by atoms with Gasteiger partial charge in [-0.3, -0.25) is 4.40 Å². The van der Waals surface area contributed by atoms with Crippen LogP contribution in [0.25, 0.3) is 16.8 Å². The predicted octanol–water partition coefficient (Wildman–Crippen LogP) is 1.84. The zero-order valence-electron chi connectivity index (χ0n) is 15.9. The van der Waals surface area contributed by atoms with E-state index in [4.69, 9.17) is 5.73 Å². The van der Waals surface area contributed by atoms with Gasteiger partial charge in [-0.15, -0.1) is 10.2 Å². The molecular weight excluding hydrogens is 376 g/mol. The third-order valence-electron chi connectivity index (χ3n) is 5.23. The van der Waals surface area contributed by atoms with Crippen LogP contribution in [0.2, 0.25) is 0 Å². The topological polar surface area (TPSA) is 151 Å². The van der Waals surface area contributed by atoms with Crippen molar-refractivity contribution in [2.24, 2.45) is 11.7 Å². The second-order valence-electron chi connectivity index (χ2n) is 6.87. The zero-order valence-corrected chi connectivity index (χ0v) is 15.9. The minimum atomic E-state index is -0.872. The molecule has 1 aliphatic rings. The molecule has 152 valence electrons. The lowest BCUT2D eigenvalue weighted by Crippen LogP contribution is -2.26. The van der Waals surface area contributed by atoms with Crippen molar-refractivity contribution in [3.63, 3.8) is 0 Å². The number of nitrogens with two attached hydrogens (primary N) is 1. The molecule has 11 heteroatoms. The van der Waals surface area contributed by atoms with Gasteiger partial charge in [-0.05, 0) is 12.0 Å². The van der Waals surface area contributed by atoms with E-state index >= 15 is 0 Å². The highest BCUT2D eigenvalue weighted by Crippen LogP contribution is 2.34. The van der Waals surface area contributed by atoms with Gasteiger partial charge in [-0.25, -0.2) is 14.8 Å². The van der Waals surface area contributed by atoms with Crippen LogP contribution in [-0.4, -0.2) is 58.7 Å². The Hall–Kier alpha value is -3.47. The Kier molecular flexibility index (Phi) is 5.12. The lowest BCUT2D eigenvalue weighted by molar-refractivity contribution is 0.153. The van der Waals surface area contributed by atoms with Gasteiger partial charge in [0.25, 0.3) is 0 Å². The SMILES string of the molecule is CC[C@H]1CN(C(=O)O)C[C@H]1c1nnc2cnc3[nH]ccc3n12.NCc1cocn1. The summed E-state index contributed by atoms with van der Waals surface area (Å²) in [4.78, 5) is 23.9. The second-order valence-corrected chi connectivity index (χ2v) is 6.87. The molecule has 0 bridgehead atoms. The van der Waals surface area contributed by atoms with Gasteiger partial charge in [-0.2, -0.15) is 0 Å². The molecule has 2 atom stereocenters. The largest absolute Gasteiger partial charge is 0.465 e. The fourth-order valence-electron chi connectivity index (χ4n) is 3.71. The van der Waals surface area contributed by atoms with Gasteiger partial charge in [0.1, 0.15) is 12.1 Å². The summed E-state index contributed by atoms with van der Waals surface area (Å²) in [7, 11) is 0. The molecule has 0 aliphatic carbocycles. The van der Waals surface area contributed by atoms with Crippen molar-refractivity contribution in [3.05, 3.63) is 42.6 Å². The number of H-pyrrole nitrogens is 1. The number of fused-ring (bicyclic) bond motifs is 3. The summed E-state index contributed by atoms with van der Waals surface area (Å²) in [5.41, 5.74) is 8.34. The first-order valence-corrected chi connectivity index (χ1v) is 9.34. The van der Waals surface area contributed by atoms with E-state index in [1.54, 1.807) is 6.20 Å². The lowest BCUT2D eigenvalue weighted by atomic mass is 9.93. The summed E-state index contributed by atoms with van der Waals surface area (Å²) in [5, 5.41) is 17.8. The molecule has 29 heavy (non-hydrogen) atoms. The Morgan fingerprint density at radius 2 is 2.24 bits per heavy atom. The molecule has 0 radical (unpaired) electrons. The molecule has 5 rings (SSSR count). The van der Waals surface area contributed by atoms with Gasteiger partial charge in [0.2, 0.25) is 0 Å². The number of amides is 1. The molecule has 1 fully saturated rings. The van der Waals surface area contributed by atoms with Gasteiger partial charge >= 0.3 is 6.09 Å². The van der Waals surface area contributed by atoms with Crippen molar-refractivity contribution in [2.75, 3.05) is 13.1 Å². The number of aromatic amines is 1. The molecule has 11 nitrogen and oxygen atoms in total. The molecule has 0 unspecified atom stereocenters. The predicted molar refractivity (Wildman–Crippen MR) is 103 cm³/mol. The van der Waals surface area contributed by atoms with Crippen molar-refractivity contribution in [3.8, 4) is 0 Å². The maximum Gasteiger partial charge on any atom is 0.407 e. The average molecular weight is 398 g/mol. The van der Waals surface area contributed by atoms with E-state index in [0.29, 0.717) is 25.3 Å². The van der Waals surface area contributed by atoms with Gasteiger partial charge in [-0.1, -0.05) is 13.3 Å². The molecule has 0 aromatic carbocycles. The maximum absolute atomic E-state index is 11.3. The number of aromatic nitrogens is 6. The minimum Gasteiger partial charge on any atom is -0.465 e. The van der Waals surface area contributed by atoms with Crippen LogP contribution in [0.15, 0.2) is 35.5 Å². The second kappa shape index (κ2) is 7.87. The molecule has 4 aromatic rings. The van der Waals surface area contributed by atoms with Crippen molar-refractivity contribution in [1.29, 1.82) is 0 Å². The van der Waals surface area contributed by atoms with Gasteiger partial charge in [0.15, 0.2) is 17.7 Å². The number of hydrogen-bond acceptors (Lipinski definition) is 7. The van der Waals surface area contributed by atoms with E-state index in [0.717, 1.165) is 29.1 Å². The first-order valence-electron chi connectivity index (χ1n) is 9.34. The third kappa shape index (κ3) is 3.51. The number of likely N-dealkylation sites (tertiary alicyclic amines) is 1. The maximum atomic E-state index is 11.3. The van der Waals surface area contributed by atoms with Crippen LogP contribution in [0.3, 0.4) is 0 Å². The Labute approximate surface area is 165 Å². The molecule has 0 spiro atoms. The van der Waals surface area contributed by atoms with Crippen LogP contribution in [0.5, 0.6) is 0 Å². The number of hydrogen-bond donors (Lipinski definition) is 3. The Bertz CT molecular complexity index is 1100. The first kappa shape index (κ1) is 18.9. The highest BCUT2D eigenvalue weighted by molar-refractivity contribution is 5.74. The fraction of sp³-hybridized carbons (Fsp3) is 0.389. The Balaban J connectivity index is 0.000000249. The number of rotatable bonds is 3. The van der Waals surface area contributed by atoms with Crippen molar-refractivity contribution in [1.82, 2.24) is 34.4 Å².